The van der Waals surface area contributed by atoms with Crippen LogP contribution in [0.25, 0.3) is 11.1 Å². The lowest BCUT2D eigenvalue weighted by Crippen LogP contribution is -1.95. The van der Waals surface area contributed by atoms with Crippen LogP contribution in [-0.2, 0) is 18.0 Å². The lowest BCUT2D eigenvalue weighted by molar-refractivity contribution is 0.107. The van der Waals surface area contributed by atoms with Gasteiger partial charge in [-0.15, -0.1) is 0 Å². The summed E-state index contributed by atoms with van der Waals surface area (Å²) >= 11 is 0. The zero-order valence-electron chi connectivity index (χ0n) is 15.9. The van der Waals surface area contributed by atoms with Gasteiger partial charge in [0.1, 0.15) is 5.75 Å². The van der Waals surface area contributed by atoms with Crippen LogP contribution in [0.2, 0.25) is 0 Å². The first-order valence-electron chi connectivity index (χ1n) is 9.03. The predicted octanol–water partition coefficient (Wildman–Crippen LogP) is 6.89. The molecule has 0 atom stereocenters. The molecule has 3 aromatic carbocycles. The van der Waals surface area contributed by atoms with E-state index >= 15 is 0 Å². The Balaban J connectivity index is 1.51. The molecule has 0 saturated carbocycles. The Bertz CT molecular complexity index is 924. The van der Waals surface area contributed by atoms with Crippen molar-refractivity contribution in [2.75, 3.05) is 0 Å². The summed E-state index contributed by atoms with van der Waals surface area (Å²) in [6, 6.07) is 23.7. The third-order valence-corrected chi connectivity index (χ3v) is 4.34. The van der Waals surface area contributed by atoms with E-state index in [1.165, 1.54) is 23.6 Å². The highest BCUT2D eigenvalue weighted by Crippen LogP contribution is 2.21. The first-order valence-corrected chi connectivity index (χ1v) is 9.03. The fraction of sp³-hybridized carbons (Fsp3) is 0.167. The SMILES string of the molecule is CC(Oc1ccc(COCc2ccc(-c3ccc(C)cc3)cc2)cc1)=C(F)F. The highest BCUT2D eigenvalue weighted by molar-refractivity contribution is 5.63. The van der Waals surface area contributed by atoms with Crippen LogP contribution in [0.15, 0.2) is 84.6 Å². The second kappa shape index (κ2) is 9.29. The number of hydrogen-bond acceptors (Lipinski definition) is 2. The molecular formula is C24H22F2O2. The molecule has 0 fully saturated rings. The molecule has 0 saturated heterocycles. The molecule has 144 valence electrons. The number of aryl methyl sites for hydroxylation is 1. The molecule has 0 unspecified atom stereocenters. The van der Waals surface area contributed by atoms with Gasteiger partial charge in [-0.2, -0.15) is 8.78 Å². The molecule has 4 heteroatoms. The van der Waals surface area contributed by atoms with E-state index in [1.807, 2.05) is 0 Å². The molecule has 0 aliphatic heterocycles. The Morgan fingerprint density at radius 1 is 0.714 bits per heavy atom. The van der Waals surface area contributed by atoms with Gasteiger partial charge in [0, 0.05) is 0 Å². The van der Waals surface area contributed by atoms with Gasteiger partial charge in [0.15, 0.2) is 5.76 Å². The first-order chi connectivity index (χ1) is 13.5. The molecule has 0 aliphatic carbocycles. The maximum atomic E-state index is 12.4. The second-order valence-electron chi connectivity index (χ2n) is 6.62. The normalized spacial score (nSPS) is 10.6. The van der Waals surface area contributed by atoms with Crippen molar-refractivity contribution in [2.24, 2.45) is 0 Å². The van der Waals surface area contributed by atoms with Gasteiger partial charge in [0.2, 0.25) is 0 Å². The van der Waals surface area contributed by atoms with E-state index in [2.05, 4.69) is 55.5 Å². The fourth-order valence-corrected chi connectivity index (χ4v) is 2.70. The van der Waals surface area contributed by atoms with E-state index in [9.17, 15) is 8.78 Å². The summed E-state index contributed by atoms with van der Waals surface area (Å²) in [6.45, 7) is 4.25. The van der Waals surface area contributed by atoms with Crippen molar-refractivity contribution < 1.29 is 18.3 Å². The fourth-order valence-electron chi connectivity index (χ4n) is 2.70. The molecule has 3 rings (SSSR count). The van der Waals surface area contributed by atoms with Crippen LogP contribution in [0.1, 0.15) is 23.6 Å². The van der Waals surface area contributed by atoms with Gasteiger partial charge < -0.3 is 9.47 Å². The molecule has 0 amide bonds. The lowest BCUT2D eigenvalue weighted by Gasteiger charge is -2.08. The Labute approximate surface area is 164 Å². The zero-order valence-corrected chi connectivity index (χ0v) is 15.9. The van der Waals surface area contributed by atoms with Crippen molar-refractivity contribution in [1.29, 1.82) is 0 Å². The van der Waals surface area contributed by atoms with Crippen LogP contribution in [0.4, 0.5) is 8.78 Å². The Hall–Kier alpha value is -2.98. The first kappa shape index (κ1) is 19.8. The summed E-state index contributed by atoms with van der Waals surface area (Å²) in [7, 11) is 0. The molecular weight excluding hydrogens is 358 g/mol. The zero-order chi connectivity index (χ0) is 19.9. The Kier molecular flexibility index (Phi) is 6.56. The molecule has 0 spiro atoms. The molecule has 0 heterocycles. The van der Waals surface area contributed by atoms with Gasteiger partial charge in [-0.05, 0) is 48.2 Å². The predicted molar refractivity (Wildman–Crippen MR) is 107 cm³/mol. The number of ether oxygens (including phenoxy) is 2. The maximum absolute atomic E-state index is 12.4. The largest absolute Gasteiger partial charge is 0.456 e. The van der Waals surface area contributed by atoms with E-state index in [-0.39, 0.29) is 0 Å². The smallest absolute Gasteiger partial charge is 0.307 e. The van der Waals surface area contributed by atoms with Crippen molar-refractivity contribution in [2.45, 2.75) is 27.1 Å². The van der Waals surface area contributed by atoms with Crippen molar-refractivity contribution in [3.63, 3.8) is 0 Å². The van der Waals surface area contributed by atoms with Crippen LogP contribution in [0.3, 0.4) is 0 Å². The summed E-state index contributed by atoms with van der Waals surface area (Å²) in [5.41, 5.74) is 5.65. The third kappa shape index (κ3) is 5.51. The highest BCUT2D eigenvalue weighted by atomic mass is 19.3. The number of allylic oxidation sites excluding steroid dienone is 1. The number of halogens is 2. The summed E-state index contributed by atoms with van der Waals surface area (Å²) in [5, 5.41) is 0. The lowest BCUT2D eigenvalue weighted by atomic mass is 10.0. The van der Waals surface area contributed by atoms with E-state index in [1.54, 1.807) is 24.3 Å². The van der Waals surface area contributed by atoms with Crippen molar-refractivity contribution in [1.82, 2.24) is 0 Å². The third-order valence-electron chi connectivity index (χ3n) is 4.34. The average molecular weight is 380 g/mol. The number of rotatable bonds is 7. The summed E-state index contributed by atoms with van der Waals surface area (Å²) in [4.78, 5) is 0. The summed E-state index contributed by atoms with van der Waals surface area (Å²) < 4.78 is 35.6. The van der Waals surface area contributed by atoms with Crippen molar-refractivity contribution in [3.8, 4) is 16.9 Å². The topological polar surface area (TPSA) is 18.5 Å². The molecule has 0 radical (unpaired) electrons. The Morgan fingerprint density at radius 2 is 1.18 bits per heavy atom. The van der Waals surface area contributed by atoms with Crippen LogP contribution in [0.5, 0.6) is 5.75 Å². The number of hydrogen-bond donors (Lipinski definition) is 0. The van der Waals surface area contributed by atoms with Gasteiger partial charge in [-0.3, -0.25) is 0 Å². The van der Waals surface area contributed by atoms with Gasteiger partial charge in [-0.1, -0.05) is 66.2 Å². The minimum atomic E-state index is -1.82. The summed E-state index contributed by atoms with van der Waals surface area (Å²) in [6.07, 6.45) is -1.82. The van der Waals surface area contributed by atoms with E-state index in [4.69, 9.17) is 9.47 Å². The van der Waals surface area contributed by atoms with Crippen LogP contribution in [-0.4, -0.2) is 0 Å². The monoisotopic (exact) mass is 380 g/mol. The Morgan fingerprint density at radius 3 is 1.68 bits per heavy atom. The van der Waals surface area contributed by atoms with Gasteiger partial charge in [-0.25, -0.2) is 0 Å². The van der Waals surface area contributed by atoms with Crippen molar-refractivity contribution in [3.05, 3.63) is 101 Å². The maximum Gasteiger partial charge on any atom is 0.307 e. The summed E-state index contributed by atoms with van der Waals surface area (Å²) in [5.74, 6) is -0.0150. The highest BCUT2D eigenvalue weighted by Gasteiger charge is 2.03. The quantitative estimate of drug-likeness (QED) is 0.416. The van der Waals surface area contributed by atoms with Crippen LogP contribution < -0.4 is 4.74 Å². The molecule has 0 N–H and O–H groups in total. The molecule has 28 heavy (non-hydrogen) atoms. The van der Waals surface area contributed by atoms with Gasteiger partial charge >= 0.3 is 6.08 Å². The van der Waals surface area contributed by atoms with E-state index in [0.717, 1.165) is 11.1 Å². The molecule has 0 aliphatic rings. The standard InChI is InChI=1S/C24H22F2O2/c1-17-3-9-21(10-4-17)22-11-5-19(6-12-22)15-27-16-20-7-13-23(14-8-20)28-18(2)24(25)26/h3-14H,15-16H2,1-2H3. The average Bonchev–Trinajstić information content (AvgIpc) is 2.70. The second-order valence-corrected chi connectivity index (χ2v) is 6.62. The van der Waals surface area contributed by atoms with E-state index in [0.29, 0.717) is 19.0 Å². The molecule has 0 bridgehead atoms. The molecule has 2 nitrogen and oxygen atoms in total. The van der Waals surface area contributed by atoms with Gasteiger partial charge in [0.05, 0.1) is 13.2 Å². The molecule has 3 aromatic rings. The molecule has 0 aromatic heterocycles. The number of benzene rings is 3. The van der Waals surface area contributed by atoms with E-state index < -0.39 is 11.8 Å². The minimum Gasteiger partial charge on any atom is -0.456 e. The van der Waals surface area contributed by atoms with Crippen LogP contribution in [0, 0.1) is 6.92 Å². The minimum absolute atomic E-state index is 0.376. The van der Waals surface area contributed by atoms with Gasteiger partial charge in [0.25, 0.3) is 0 Å². The van der Waals surface area contributed by atoms with Crippen LogP contribution >= 0.6 is 0 Å². The van der Waals surface area contributed by atoms with Crippen molar-refractivity contribution >= 4 is 0 Å².